The van der Waals surface area contributed by atoms with Crippen LogP contribution in [0.5, 0.6) is 0 Å². The van der Waals surface area contributed by atoms with Gasteiger partial charge in [-0.1, -0.05) is 54.6 Å². The number of hydrogen-bond acceptors (Lipinski definition) is 1. The van der Waals surface area contributed by atoms with Crippen molar-refractivity contribution < 1.29 is 0 Å². The first-order valence-electron chi connectivity index (χ1n) is 7.60. The van der Waals surface area contributed by atoms with E-state index in [9.17, 15) is 0 Å². The molecule has 0 heterocycles. The second-order valence-corrected chi connectivity index (χ2v) is 6.86. The lowest BCUT2D eigenvalue weighted by molar-refractivity contribution is 0.500. The summed E-state index contributed by atoms with van der Waals surface area (Å²) in [5.41, 5.74) is 6.90. The van der Waals surface area contributed by atoms with Crippen molar-refractivity contribution in [3.8, 4) is 0 Å². The minimum Gasteiger partial charge on any atom is -0.380 e. The largest absolute Gasteiger partial charge is 0.380 e. The maximum absolute atomic E-state index is 3.70. The van der Waals surface area contributed by atoms with Crippen LogP contribution < -0.4 is 5.32 Å². The Morgan fingerprint density at radius 1 is 0.857 bits per heavy atom. The topological polar surface area (TPSA) is 12.0 Å². The van der Waals surface area contributed by atoms with Crippen LogP contribution >= 0.6 is 0 Å². The van der Waals surface area contributed by atoms with E-state index in [0.29, 0.717) is 5.92 Å². The molecule has 21 heavy (non-hydrogen) atoms. The first-order chi connectivity index (χ1) is 9.97. The highest BCUT2D eigenvalue weighted by molar-refractivity contribution is 5.78. The Balaban J connectivity index is 2.13. The predicted molar refractivity (Wildman–Crippen MR) is 90.2 cm³/mol. The maximum Gasteiger partial charge on any atom is 0.0419 e. The maximum atomic E-state index is 3.70. The van der Waals surface area contributed by atoms with E-state index in [2.05, 4.69) is 87.6 Å². The number of hydrogen-bond donors (Lipinski definition) is 1. The van der Waals surface area contributed by atoms with Crippen molar-refractivity contribution in [2.45, 2.75) is 39.2 Å². The normalized spacial score (nSPS) is 17.8. The van der Waals surface area contributed by atoms with Gasteiger partial charge in [-0.25, -0.2) is 0 Å². The molecule has 0 amide bonds. The van der Waals surface area contributed by atoms with E-state index in [4.69, 9.17) is 0 Å². The zero-order valence-electron chi connectivity index (χ0n) is 13.3. The Kier molecular flexibility index (Phi) is 3.36. The summed E-state index contributed by atoms with van der Waals surface area (Å²) in [5.74, 6) is 0.368. The molecule has 0 radical (unpaired) electrons. The number of rotatable bonds is 2. The summed E-state index contributed by atoms with van der Waals surface area (Å²) in [5, 5.41) is 3.70. The van der Waals surface area contributed by atoms with Gasteiger partial charge in [0.2, 0.25) is 0 Å². The molecule has 0 saturated carbocycles. The van der Waals surface area contributed by atoms with Gasteiger partial charge in [0.15, 0.2) is 0 Å². The Morgan fingerprint density at radius 2 is 1.48 bits per heavy atom. The first-order valence-corrected chi connectivity index (χ1v) is 7.60. The van der Waals surface area contributed by atoms with Crippen LogP contribution in [0.4, 0.5) is 0 Å². The van der Waals surface area contributed by atoms with Gasteiger partial charge >= 0.3 is 0 Å². The van der Waals surface area contributed by atoms with E-state index in [1.54, 1.807) is 0 Å². The van der Waals surface area contributed by atoms with Gasteiger partial charge in [-0.2, -0.15) is 0 Å². The van der Waals surface area contributed by atoms with Crippen molar-refractivity contribution in [2.75, 3.05) is 0 Å². The summed E-state index contributed by atoms with van der Waals surface area (Å²) < 4.78 is 0. The molecule has 1 atom stereocenters. The average molecular weight is 277 g/mol. The van der Waals surface area contributed by atoms with Gasteiger partial charge in [-0.3, -0.25) is 0 Å². The van der Waals surface area contributed by atoms with Crippen LogP contribution in [0.25, 0.3) is 5.70 Å². The molecule has 0 fully saturated rings. The third-order valence-electron chi connectivity index (χ3n) is 4.00. The average Bonchev–Trinajstić information content (AvgIpc) is 2.71. The zero-order valence-corrected chi connectivity index (χ0v) is 13.3. The summed E-state index contributed by atoms with van der Waals surface area (Å²) in [6, 6.07) is 19.5. The molecular formula is C20H23N. The van der Waals surface area contributed by atoms with E-state index < -0.39 is 0 Å². The number of benzene rings is 2. The lowest BCUT2D eigenvalue weighted by atomic mass is 9.89. The van der Waals surface area contributed by atoms with Gasteiger partial charge in [0.25, 0.3) is 0 Å². The van der Waals surface area contributed by atoms with Crippen molar-refractivity contribution in [3.05, 3.63) is 76.9 Å². The van der Waals surface area contributed by atoms with Crippen LogP contribution in [0.1, 0.15) is 50.3 Å². The van der Waals surface area contributed by atoms with Crippen molar-refractivity contribution in [2.24, 2.45) is 0 Å². The molecule has 0 spiro atoms. The molecule has 0 aromatic heterocycles. The lowest BCUT2D eigenvalue weighted by Gasteiger charge is -2.24. The van der Waals surface area contributed by atoms with E-state index >= 15 is 0 Å². The highest BCUT2D eigenvalue weighted by atomic mass is 15.0. The molecule has 108 valence electrons. The molecule has 1 unspecified atom stereocenters. The molecule has 0 bridgehead atoms. The highest BCUT2D eigenvalue weighted by Gasteiger charge is 2.31. The molecule has 2 aromatic carbocycles. The summed E-state index contributed by atoms with van der Waals surface area (Å²) in [6.45, 7) is 8.90. The third kappa shape index (κ3) is 2.61. The van der Waals surface area contributed by atoms with Gasteiger partial charge in [-0.05, 0) is 44.4 Å². The highest BCUT2D eigenvalue weighted by Crippen LogP contribution is 2.44. The fourth-order valence-corrected chi connectivity index (χ4v) is 3.18. The van der Waals surface area contributed by atoms with Crippen LogP contribution in [0.15, 0.2) is 60.2 Å². The summed E-state index contributed by atoms with van der Waals surface area (Å²) in [4.78, 5) is 0. The van der Waals surface area contributed by atoms with Crippen molar-refractivity contribution in [1.82, 2.24) is 5.32 Å². The van der Waals surface area contributed by atoms with Crippen LogP contribution in [0, 0.1) is 0 Å². The van der Waals surface area contributed by atoms with Gasteiger partial charge < -0.3 is 5.32 Å². The summed E-state index contributed by atoms with van der Waals surface area (Å²) in [6.07, 6.45) is 0. The van der Waals surface area contributed by atoms with E-state index in [-0.39, 0.29) is 5.54 Å². The number of nitrogens with one attached hydrogen (secondary N) is 1. The standard InChI is InChI=1S/C20H23N/c1-14-18(15-10-6-5-7-11-15)16-12-8-9-13-17(16)19(14)21-20(2,3)4/h5-13,18,21H,1-4H3. The molecule has 1 aliphatic rings. The van der Waals surface area contributed by atoms with Crippen LogP contribution in [0.2, 0.25) is 0 Å². The fourth-order valence-electron chi connectivity index (χ4n) is 3.18. The van der Waals surface area contributed by atoms with Crippen molar-refractivity contribution >= 4 is 5.70 Å². The third-order valence-corrected chi connectivity index (χ3v) is 4.00. The van der Waals surface area contributed by atoms with Gasteiger partial charge in [0.1, 0.15) is 0 Å². The van der Waals surface area contributed by atoms with Crippen molar-refractivity contribution in [3.63, 3.8) is 0 Å². The van der Waals surface area contributed by atoms with E-state index in [1.807, 2.05) is 0 Å². The minimum atomic E-state index is 0.0648. The fraction of sp³-hybridized carbons (Fsp3) is 0.300. The molecule has 1 nitrogen and oxygen atoms in total. The Bertz CT molecular complexity index is 674. The summed E-state index contributed by atoms with van der Waals surface area (Å²) >= 11 is 0. The Morgan fingerprint density at radius 3 is 2.14 bits per heavy atom. The molecule has 3 rings (SSSR count). The predicted octanol–water partition coefficient (Wildman–Crippen LogP) is 4.95. The van der Waals surface area contributed by atoms with Crippen LogP contribution in [-0.4, -0.2) is 5.54 Å². The zero-order chi connectivity index (χ0) is 15.0. The van der Waals surface area contributed by atoms with Gasteiger partial charge in [-0.15, -0.1) is 0 Å². The molecule has 0 saturated heterocycles. The molecule has 1 heteroatoms. The SMILES string of the molecule is CC1=C(NC(C)(C)C)c2ccccc2C1c1ccccc1. The van der Waals surface area contributed by atoms with E-state index in [1.165, 1.54) is 28.0 Å². The summed E-state index contributed by atoms with van der Waals surface area (Å²) in [7, 11) is 0. The smallest absolute Gasteiger partial charge is 0.0419 e. The quantitative estimate of drug-likeness (QED) is 0.819. The number of allylic oxidation sites excluding steroid dienone is 1. The molecule has 1 N–H and O–H groups in total. The van der Waals surface area contributed by atoms with Crippen molar-refractivity contribution in [1.29, 1.82) is 0 Å². The lowest BCUT2D eigenvalue weighted by Crippen LogP contribution is -2.34. The monoisotopic (exact) mass is 277 g/mol. The molecular weight excluding hydrogens is 254 g/mol. The van der Waals surface area contributed by atoms with Crippen LogP contribution in [-0.2, 0) is 0 Å². The second kappa shape index (κ2) is 5.07. The first kappa shape index (κ1) is 13.9. The van der Waals surface area contributed by atoms with E-state index in [0.717, 1.165) is 0 Å². The second-order valence-electron chi connectivity index (χ2n) is 6.86. The van der Waals surface area contributed by atoms with Gasteiger partial charge in [0, 0.05) is 22.7 Å². The Labute approximate surface area is 127 Å². The molecule has 2 aromatic rings. The Hall–Kier alpha value is -2.02. The van der Waals surface area contributed by atoms with Gasteiger partial charge in [0.05, 0.1) is 0 Å². The molecule has 1 aliphatic carbocycles. The van der Waals surface area contributed by atoms with Crippen LogP contribution in [0.3, 0.4) is 0 Å². The number of fused-ring (bicyclic) bond motifs is 1. The molecule has 0 aliphatic heterocycles. The minimum absolute atomic E-state index is 0.0648.